The third kappa shape index (κ3) is 3.75. The fourth-order valence-corrected chi connectivity index (χ4v) is 3.09. The third-order valence-corrected chi connectivity index (χ3v) is 4.52. The number of amides is 1. The molecule has 1 aromatic heterocycles. The molecule has 0 unspecified atom stereocenters. The van der Waals surface area contributed by atoms with Crippen LogP contribution < -0.4 is 4.90 Å². The lowest BCUT2D eigenvalue weighted by molar-refractivity contribution is -0.133. The van der Waals surface area contributed by atoms with E-state index in [1.54, 1.807) is 6.20 Å². The molecule has 3 rings (SSSR count). The summed E-state index contributed by atoms with van der Waals surface area (Å²) >= 11 is 0. The Bertz CT molecular complexity index is 480. The minimum absolute atomic E-state index is 0.187. The van der Waals surface area contributed by atoms with Crippen molar-refractivity contribution in [2.24, 2.45) is 0 Å². The molecule has 0 radical (unpaired) electrons. The maximum atomic E-state index is 12.4. The molecular formula is C16H24N4O2. The number of carbonyl (C=O) groups excluding carboxylic acids is 1. The second-order valence-electron chi connectivity index (χ2n) is 6.06. The van der Waals surface area contributed by atoms with Crippen LogP contribution in [0.15, 0.2) is 24.4 Å². The van der Waals surface area contributed by atoms with Crippen molar-refractivity contribution in [2.45, 2.75) is 18.9 Å². The van der Waals surface area contributed by atoms with Crippen LogP contribution in [0, 0.1) is 0 Å². The van der Waals surface area contributed by atoms with E-state index in [0.29, 0.717) is 6.54 Å². The number of anilines is 1. The number of piperidine rings is 1. The fourth-order valence-electron chi connectivity index (χ4n) is 3.09. The monoisotopic (exact) mass is 304 g/mol. The van der Waals surface area contributed by atoms with Crippen LogP contribution in [0.2, 0.25) is 0 Å². The maximum Gasteiger partial charge on any atom is 0.236 e. The van der Waals surface area contributed by atoms with Gasteiger partial charge in [-0.15, -0.1) is 0 Å². The summed E-state index contributed by atoms with van der Waals surface area (Å²) in [4.78, 5) is 23.1. The van der Waals surface area contributed by atoms with Gasteiger partial charge in [-0.05, 0) is 25.0 Å². The molecule has 2 fully saturated rings. The van der Waals surface area contributed by atoms with E-state index in [4.69, 9.17) is 0 Å². The average Bonchev–Trinajstić information content (AvgIpc) is 2.58. The van der Waals surface area contributed by atoms with Crippen molar-refractivity contribution >= 4 is 11.7 Å². The topological polar surface area (TPSA) is 59.9 Å². The minimum Gasteiger partial charge on any atom is -0.393 e. The van der Waals surface area contributed by atoms with Crippen molar-refractivity contribution in [1.29, 1.82) is 0 Å². The van der Waals surface area contributed by atoms with Gasteiger partial charge in [0.1, 0.15) is 5.82 Å². The van der Waals surface area contributed by atoms with Gasteiger partial charge in [-0.1, -0.05) is 6.07 Å². The number of nitrogens with zero attached hydrogens (tertiary/aromatic N) is 4. The van der Waals surface area contributed by atoms with Gasteiger partial charge in [-0.3, -0.25) is 9.69 Å². The molecule has 6 heteroatoms. The molecule has 0 bridgehead atoms. The number of hydrogen-bond donors (Lipinski definition) is 1. The number of aliphatic hydroxyl groups is 1. The molecule has 1 amide bonds. The number of piperazine rings is 1. The van der Waals surface area contributed by atoms with Crippen LogP contribution >= 0.6 is 0 Å². The predicted molar refractivity (Wildman–Crippen MR) is 84.7 cm³/mol. The van der Waals surface area contributed by atoms with Gasteiger partial charge in [0.2, 0.25) is 5.91 Å². The molecule has 120 valence electrons. The van der Waals surface area contributed by atoms with Gasteiger partial charge in [0, 0.05) is 45.5 Å². The third-order valence-electron chi connectivity index (χ3n) is 4.52. The zero-order valence-electron chi connectivity index (χ0n) is 12.9. The molecule has 1 aromatic rings. The summed E-state index contributed by atoms with van der Waals surface area (Å²) in [7, 11) is 0. The van der Waals surface area contributed by atoms with E-state index in [1.165, 1.54) is 0 Å². The van der Waals surface area contributed by atoms with Crippen molar-refractivity contribution in [2.75, 3.05) is 50.7 Å². The van der Waals surface area contributed by atoms with Crippen molar-refractivity contribution < 1.29 is 9.90 Å². The molecular weight excluding hydrogens is 280 g/mol. The number of aromatic nitrogens is 1. The highest BCUT2D eigenvalue weighted by Gasteiger charge is 2.25. The second kappa shape index (κ2) is 7.07. The minimum atomic E-state index is -0.187. The molecule has 3 heterocycles. The Kier molecular flexibility index (Phi) is 4.90. The van der Waals surface area contributed by atoms with Crippen LogP contribution in [0.5, 0.6) is 0 Å². The Morgan fingerprint density at radius 2 is 1.86 bits per heavy atom. The summed E-state index contributed by atoms with van der Waals surface area (Å²) in [6, 6.07) is 5.92. The average molecular weight is 304 g/mol. The first kappa shape index (κ1) is 15.2. The smallest absolute Gasteiger partial charge is 0.236 e. The van der Waals surface area contributed by atoms with E-state index in [1.807, 2.05) is 23.1 Å². The second-order valence-corrected chi connectivity index (χ2v) is 6.06. The number of likely N-dealkylation sites (tertiary alicyclic amines) is 1. The van der Waals surface area contributed by atoms with Crippen LogP contribution in [-0.4, -0.2) is 77.7 Å². The molecule has 0 atom stereocenters. The summed E-state index contributed by atoms with van der Waals surface area (Å²) in [6.45, 7) is 5.30. The van der Waals surface area contributed by atoms with Crippen LogP contribution in [0.4, 0.5) is 5.82 Å². The molecule has 0 spiro atoms. The molecule has 2 aliphatic heterocycles. The Balaban J connectivity index is 1.46. The molecule has 0 aliphatic carbocycles. The normalized spacial score (nSPS) is 21.1. The highest BCUT2D eigenvalue weighted by Crippen LogP contribution is 2.14. The van der Waals surface area contributed by atoms with Crippen molar-refractivity contribution in [3.63, 3.8) is 0 Å². The van der Waals surface area contributed by atoms with E-state index in [0.717, 1.165) is 57.9 Å². The highest BCUT2D eigenvalue weighted by atomic mass is 16.3. The molecule has 22 heavy (non-hydrogen) atoms. The molecule has 2 saturated heterocycles. The van der Waals surface area contributed by atoms with Gasteiger partial charge in [0.25, 0.3) is 0 Å². The van der Waals surface area contributed by atoms with Gasteiger partial charge in [0.15, 0.2) is 0 Å². The standard InChI is InChI=1S/C16H24N4O2/c21-14-4-7-18(8-5-14)13-16(22)20-11-9-19(10-12-20)15-3-1-2-6-17-15/h1-3,6,14,21H,4-5,7-13H2. The molecule has 0 aromatic carbocycles. The van der Waals surface area contributed by atoms with Gasteiger partial charge >= 0.3 is 0 Å². The summed E-state index contributed by atoms with van der Waals surface area (Å²) in [5.74, 6) is 1.19. The first-order chi connectivity index (χ1) is 10.7. The fraction of sp³-hybridized carbons (Fsp3) is 0.625. The molecule has 6 nitrogen and oxygen atoms in total. The van der Waals surface area contributed by atoms with Crippen LogP contribution in [-0.2, 0) is 4.79 Å². The van der Waals surface area contributed by atoms with E-state index < -0.39 is 0 Å². The van der Waals surface area contributed by atoms with E-state index in [-0.39, 0.29) is 12.0 Å². The lowest BCUT2D eigenvalue weighted by Gasteiger charge is -2.37. The van der Waals surface area contributed by atoms with Crippen LogP contribution in [0.3, 0.4) is 0 Å². The molecule has 2 aliphatic rings. The Morgan fingerprint density at radius 1 is 1.14 bits per heavy atom. The quantitative estimate of drug-likeness (QED) is 0.864. The SMILES string of the molecule is O=C(CN1CCC(O)CC1)N1CCN(c2ccccn2)CC1. The number of aliphatic hydroxyl groups excluding tert-OH is 1. The Morgan fingerprint density at radius 3 is 2.50 bits per heavy atom. The zero-order chi connectivity index (χ0) is 15.4. The van der Waals surface area contributed by atoms with Gasteiger partial charge in [-0.2, -0.15) is 0 Å². The van der Waals surface area contributed by atoms with Crippen LogP contribution in [0.25, 0.3) is 0 Å². The lowest BCUT2D eigenvalue weighted by atomic mass is 10.1. The number of carbonyl (C=O) groups is 1. The van der Waals surface area contributed by atoms with Gasteiger partial charge in [0.05, 0.1) is 12.6 Å². The first-order valence-corrected chi connectivity index (χ1v) is 8.06. The number of hydrogen-bond acceptors (Lipinski definition) is 5. The number of pyridine rings is 1. The zero-order valence-corrected chi connectivity index (χ0v) is 12.9. The first-order valence-electron chi connectivity index (χ1n) is 8.06. The Hall–Kier alpha value is -1.66. The van der Waals surface area contributed by atoms with E-state index in [9.17, 15) is 9.90 Å². The van der Waals surface area contributed by atoms with E-state index in [2.05, 4.69) is 14.8 Å². The molecule has 0 saturated carbocycles. The maximum absolute atomic E-state index is 12.4. The summed E-state index contributed by atoms with van der Waals surface area (Å²) in [6.07, 6.45) is 3.17. The Labute approximate surface area is 131 Å². The summed E-state index contributed by atoms with van der Waals surface area (Å²) in [5.41, 5.74) is 0. The number of rotatable bonds is 3. The lowest BCUT2D eigenvalue weighted by Crippen LogP contribution is -2.52. The molecule has 1 N–H and O–H groups in total. The summed E-state index contributed by atoms with van der Waals surface area (Å²) in [5, 5.41) is 9.51. The summed E-state index contributed by atoms with van der Waals surface area (Å²) < 4.78 is 0. The van der Waals surface area contributed by atoms with Crippen molar-refractivity contribution in [3.05, 3.63) is 24.4 Å². The largest absolute Gasteiger partial charge is 0.393 e. The predicted octanol–water partition coefficient (Wildman–Crippen LogP) is 0.187. The van der Waals surface area contributed by atoms with Crippen LogP contribution in [0.1, 0.15) is 12.8 Å². The highest BCUT2D eigenvalue weighted by molar-refractivity contribution is 5.78. The van der Waals surface area contributed by atoms with E-state index >= 15 is 0 Å². The van der Waals surface area contributed by atoms with Crippen molar-refractivity contribution in [3.8, 4) is 0 Å². The van der Waals surface area contributed by atoms with Gasteiger partial charge < -0.3 is 14.9 Å². The van der Waals surface area contributed by atoms with Crippen molar-refractivity contribution in [1.82, 2.24) is 14.8 Å². The van der Waals surface area contributed by atoms with Gasteiger partial charge in [-0.25, -0.2) is 4.98 Å².